The fraction of sp³-hybridized carbons (Fsp3) is 0.733. The van der Waals surface area contributed by atoms with E-state index in [4.69, 9.17) is 13.9 Å². The van der Waals surface area contributed by atoms with Crippen molar-refractivity contribution in [3.05, 3.63) is 23.7 Å². The largest absolute Gasteiger partial charge is 0.465 e. The van der Waals surface area contributed by atoms with Crippen LogP contribution in [0, 0.1) is 6.92 Å². The van der Waals surface area contributed by atoms with Gasteiger partial charge >= 0.3 is 0 Å². The number of hydrogen-bond acceptors (Lipinski definition) is 4. The van der Waals surface area contributed by atoms with Crippen LogP contribution >= 0.6 is 0 Å². The van der Waals surface area contributed by atoms with Crippen LogP contribution in [0.3, 0.4) is 0 Å². The summed E-state index contributed by atoms with van der Waals surface area (Å²) in [6, 6.07) is 4.10. The van der Waals surface area contributed by atoms with Gasteiger partial charge in [0.15, 0.2) is 0 Å². The molecule has 4 heteroatoms. The lowest BCUT2D eigenvalue weighted by atomic mass is 9.98. The molecule has 1 aromatic heterocycles. The molecule has 2 fully saturated rings. The minimum atomic E-state index is -0.0828. The number of rotatable bonds is 3. The number of morpholine rings is 1. The van der Waals surface area contributed by atoms with E-state index >= 15 is 0 Å². The topological polar surface area (TPSA) is 34.8 Å². The predicted octanol–water partition coefficient (Wildman–Crippen LogP) is 2.36. The molecule has 4 nitrogen and oxygen atoms in total. The third-order valence-corrected chi connectivity index (χ3v) is 4.09. The number of furan rings is 1. The smallest absolute Gasteiger partial charge is 0.118 e. The summed E-state index contributed by atoms with van der Waals surface area (Å²) in [6.45, 7) is 8.54. The van der Waals surface area contributed by atoms with E-state index in [1.54, 1.807) is 0 Å². The lowest BCUT2D eigenvalue weighted by molar-refractivity contribution is -0.157. The van der Waals surface area contributed by atoms with Crippen LogP contribution in [0.1, 0.15) is 31.3 Å². The number of nitrogens with zero attached hydrogens (tertiary/aromatic N) is 1. The minimum absolute atomic E-state index is 0.0828. The van der Waals surface area contributed by atoms with Crippen molar-refractivity contribution in [1.29, 1.82) is 0 Å². The van der Waals surface area contributed by atoms with E-state index in [2.05, 4.69) is 17.9 Å². The molecule has 0 aliphatic carbocycles. The van der Waals surface area contributed by atoms with Gasteiger partial charge in [-0.3, -0.25) is 4.90 Å². The highest BCUT2D eigenvalue weighted by atomic mass is 16.6. The molecule has 0 bridgehead atoms. The van der Waals surface area contributed by atoms with Crippen LogP contribution in [-0.4, -0.2) is 42.9 Å². The molecule has 0 saturated carbocycles. The van der Waals surface area contributed by atoms with Gasteiger partial charge in [0.05, 0.1) is 19.3 Å². The van der Waals surface area contributed by atoms with Gasteiger partial charge in [-0.05, 0) is 25.5 Å². The summed E-state index contributed by atoms with van der Waals surface area (Å²) in [5.41, 5.74) is -0.0828. The van der Waals surface area contributed by atoms with E-state index in [9.17, 15) is 0 Å². The van der Waals surface area contributed by atoms with Crippen molar-refractivity contribution < 1.29 is 13.9 Å². The highest BCUT2D eigenvalue weighted by Crippen LogP contribution is 2.31. The molecule has 2 saturated heterocycles. The van der Waals surface area contributed by atoms with Gasteiger partial charge in [0, 0.05) is 26.1 Å². The Morgan fingerprint density at radius 1 is 1.42 bits per heavy atom. The second-order valence-corrected chi connectivity index (χ2v) is 5.82. The zero-order chi connectivity index (χ0) is 13.3. The van der Waals surface area contributed by atoms with Crippen molar-refractivity contribution in [2.75, 3.05) is 26.3 Å². The normalized spacial score (nSPS) is 32.2. The van der Waals surface area contributed by atoms with Crippen molar-refractivity contribution in [3.63, 3.8) is 0 Å². The molecule has 19 heavy (non-hydrogen) atoms. The van der Waals surface area contributed by atoms with Gasteiger partial charge in [0.2, 0.25) is 0 Å². The van der Waals surface area contributed by atoms with Crippen LogP contribution in [0.15, 0.2) is 16.5 Å². The zero-order valence-electron chi connectivity index (χ0n) is 11.9. The maximum absolute atomic E-state index is 6.26. The molecular weight excluding hydrogens is 242 g/mol. The monoisotopic (exact) mass is 265 g/mol. The summed E-state index contributed by atoms with van der Waals surface area (Å²) < 4.78 is 17.5. The molecule has 106 valence electrons. The average Bonchev–Trinajstić information content (AvgIpc) is 2.99. The Balaban J connectivity index is 1.70. The van der Waals surface area contributed by atoms with E-state index in [1.165, 1.54) is 0 Å². The van der Waals surface area contributed by atoms with E-state index in [1.807, 2.05) is 13.0 Å². The summed E-state index contributed by atoms with van der Waals surface area (Å²) in [4.78, 5) is 2.45. The van der Waals surface area contributed by atoms with Crippen LogP contribution in [0.2, 0.25) is 0 Å². The number of hydrogen-bond donors (Lipinski definition) is 0. The summed E-state index contributed by atoms with van der Waals surface area (Å²) in [5, 5.41) is 0. The lowest BCUT2D eigenvalue weighted by Gasteiger charge is -2.43. The fourth-order valence-electron chi connectivity index (χ4n) is 3.12. The second-order valence-electron chi connectivity index (χ2n) is 5.82. The molecule has 3 rings (SSSR count). The maximum atomic E-state index is 6.26. The number of ether oxygens (including phenoxy) is 2. The highest BCUT2D eigenvalue weighted by molar-refractivity contribution is 5.06. The van der Waals surface area contributed by atoms with Crippen LogP contribution in [0.25, 0.3) is 0 Å². The molecule has 2 atom stereocenters. The molecule has 0 aromatic carbocycles. The van der Waals surface area contributed by atoms with Crippen LogP contribution in [-0.2, 0) is 16.0 Å². The van der Waals surface area contributed by atoms with Gasteiger partial charge in [0.1, 0.15) is 17.1 Å². The predicted molar refractivity (Wildman–Crippen MR) is 72.1 cm³/mol. The second kappa shape index (κ2) is 5.27. The Kier molecular flexibility index (Phi) is 3.65. The van der Waals surface area contributed by atoms with Crippen LogP contribution in [0.5, 0.6) is 0 Å². The first-order chi connectivity index (χ1) is 9.19. The fourth-order valence-corrected chi connectivity index (χ4v) is 3.12. The molecule has 0 N–H and O–H groups in total. The molecule has 2 aliphatic heterocycles. The quantitative estimate of drug-likeness (QED) is 0.840. The van der Waals surface area contributed by atoms with Crippen LogP contribution in [0.4, 0.5) is 0 Å². The Labute approximate surface area is 114 Å². The van der Waals surface area contributed by atoms with Gasteiger partial charge in [-0.25, -0.2) is 0 Å². The van der Waals surface area contributed by atoms with E-state index in [-0.39, 0.29) is 5.60 Å². The van der Waals surface area contributed by atoms with Gasteiger partial charge in [-0.2, -0.15) is 0 Å². The van der Waals surface area contributed by atoms with E-state index in [0.717, 1.165) is 57.2 Å². The van der Waals surface area contributed by atoms with Crippen molar-refractivity contribution in [3.8, 4) is 0 Å². The Hall–Kier alpha value is -0.840. The first kappa shape index (κ1) is 13.2. The Bertz CT molecular complexity index is 423. The Morgan fingerprint density at radius 3 is 2.95 bits per heavy atom. The lowest BCUT2D eigenvalue weighted by Crippen LogP contribution is -2.55. The third-order valence-electron chi connectivity index (χ3n) is 4.09. The molecule has 1 aromatic rings. The van der Waals surface area contributed by atoms with Crippen molar-refractivity contribution in [2.45, 2.75) is 44.9 Å². The minimum Gasteiger partial charge on any atom is -0.465 e. The van der Waals surface area contributed by atoms with Crippen molar-refractivity contribution in [1.82, 2.24) is 4.90 Å². The van der Waals surface area contributed by atoms with Gasteiger partial charge in [-0.1, -0.05) is 6.92 Å². The summed E-state index contributed by atoms with van der Waals surface area (Å²) in [7, 11) is 0. The van der Waals surface area contributed by atoms with E-state index in [0.29, 0.717) is 6.10 Å². The third kappa shape index (κ3) is 2.86. The Morgan fingerprint density at radius 2 is 2.32 bits per heavy atom. The standard InChI is InChI=1S/C15H23NO3/c1-3-13-8-16(9-14-5-4-12(2)18-14)10-15(19-13)6-7-17-11-15/h4-5,13H,3,6-11H2,1-2H3/t13-,15-/m0/s1. The summed E-state index contributed by atoms with van der Waals surface area (Å²) >= 11 is 0. The number of aryl methyl sites for hydroxylation is 1. The van der Waals surface area contributed by atoms with E-state index < -0.39 is 0 Å². The molecular formula is C15H23NO3. The average molecular weight is 265 g/mol. The van der Waals surface area contributed by atoms with Crippen LogP contribution < -0.4 is 0 Å². The van der Waals surface area contributed by atoms with Crippen molar-refractivity contribution >= 4 is 0 Å². The van der Waals surface area contributed by atoms with Gasteiger partial charge in [-0.15, -0.1) is 0 Å². The molecule has 2 aliphatic rings. The first-order valence-corrected chi connectivity index (χ1v) is 7.22. The molecule has 0 unspecified atom stereocenters. The maximum Gasteiger partial charge on any atom is 0.118 e. The molecule has 0 amide bonds. The van der Waals surface area contributed by atoms with Crippen molar-refractivity contribution in [2.24, 2.45) is 0 Å². The van der Waals surface area contributed by atoms with Gasteiger partial charge in [0.25, 0.3) is 0 Å². The summed E-state index contributed by atoms with van der Waals surface area (Å²) in [5.74, 6) is 2.03. The first-order valence-electron chi connectivity index (χ1n) is 7.22. The summed E-state index contributed by atoms with van der Waals surface area (Å²) in [6.07, 6.45) is 2.37. The SMILES string of the molecule is CC[C@H]1CN(Cc2ccc(C)o2)C[C@]2(CCOC2)O1. The highest BCUT2D eigenvalue weighted by Gasteiger charge is 2.43. The molecule has 0 radical (unpaired) electrons. The molecule has 1 spiro atoms. The van der Waals surface area contributed by atoms with Gasteiger partial charge < -0.3 is 13.9 Å². The zero-order valence-corrected chi connectivity index (χ0v) is 11.9. The molecule has 3 heterocycles.